The quantitative estimate of drug-likeness (QED) is 0.862. The molecule has 1 heterocycles. The van der Waals surface area contributed by atoms with Crippen molar-refractivity contribution in [1.82, 2.24) is 4.31 Å². The third-order valence-electron chi connectivity index (χ3n) is 3.47. The van der Waals surface area contributed by atoms with Crippen LogP contribution >= 0.6 is 11.6 Å². The molecular formula is C13H18ClNO3S. The first-order valence-corrected chi connectivity index (χ1v) is 8.05. The third kappa shape index (κ3) is 2.47. The van der Waals surface area contributed by atoms with E-state index >= 15 is 0 Å². The molecule has 0 saturated carbocycles. The fourth-order valence-electron chi connectivity index (χ4n) is 2.44. The lowest BCUT2D eigenvalue weighted by Crippen LogP contribution is -2.29. The van der Waals surface area contributed by atoms with Gasteiger partial charge in [-0.1, -0.05) is 11.6 Å². The van der Waals surface area contributed by atoms with Crippen LogP contribution in [0.3, 0.4) is 0 Å². The molecule has 1 saturated heterocycles. The molecule has 0 radical (unpaired) electrons. The van der Waals surface area contributed by atoms with Crippen molar-refractivity contribution in [2.45, 2.75) is 31.6 Å². The Balaban J connectivity index is 2.64. The molecule has 0 aromatic heterocycles. The van der Waals surface area contributed by atoms with Crippen LogP contribution in [0.5, 0.6) is 5.75 Å². The van der Waals surface area contributed by atoms with Gasteiger partial charge in [-0.15, -0.1) is 0 Å². The summed E-state index contributed by atoms with van der Waals surface area (Å²) in [5.41, 5.74) is 1.38. The molecule has 0 atom stereocenters. The zero-order valence-electron chi connectivity index (χ0n) is 11.4. The van der Waals surface area contributed by atoms with Crippen LogP contribution in [0.25, 0.3) is 0 Å². The number of methoxy groups -OCH3 is 1. The minimum absolute atomic E-state index is 0.201. The number of benzene rings is 1. The molecule has 4 nitrogen and oxygen atoms in total. The second-order valence-electron chi connectivity index (χ2n) is 4.78. The molecule has 0 unspecified atom stereocenters. The second kappa shape index (κ2) is 5.31. The van der Waals surface area contributed by atoms with Gasteiger partial charge < -0.3 is 4.74 Å². The molecule has 1 aliphatic rings. The van der Waals surface area contributed by atoms with Crippen molar-refractivity contribution >= 4 is 21.6 Å². The van der Waals surface area contributed by atoms with E-state index in [4.69, 9.17) is 16.3 Å². The average molecular weight is 304 g/mol. The van der Waals surface area contributed by atoms with Gasteiger partial charge in [-0.3, -0.25) is 0 Å². The summed E-state index contributed by atoms with van der Waals surface area (Å²) in [5.74, 6) is 0.367. The SMILES string of the molecule is COc1cc(C)c(Cl)c(C)c1S(=O)(=O)N1CCCC1. The van der Waals surface area contributed by atoms with Gasteiger partial charge >= 0.3 is 0 Å². The van der Waals surface area contributed by atoms with E-state index in [1.165, 1.54) is 11.4 Å². The first kappa shape index (κ1) is 14.6. The van der Waals surface area contributed by atoms with Gasteiger partial charge in [0.25, 0.3) is 0 Å². The molecule has 1 aliphatic heterocycles. The number of hydrogen-bond acceptors (Lipinski definition) is 3. The van der Waals surface area contributed by atoms with E-state index in [1.54, 1.807) is 13.0 Å². The van der Waals surface area contributed by atoms with Crippen LogP contribution in [0, 0.1) is 13.8 Å². The van der Waals surface area contributed by atoms with Crippen LogP contribution in [-0.4, -0.2) is 32.9 Å². The summed E-state index contributed by atoms with van der Waals surface area (Å²) >= 11 is 6.19. The van der Waals surface area contributed by atoms with E-state index in [1.807, 2.05) is 6.92 Å². The van der Waals surface area contributed by atoms with Crippen LogP contribution in [-0.2, 0) is 10.0 Å². The van der Waals surface area contributed by atoms with Crippen molar-refractivity contribution in [1.29, 1.82) is 0 Å². The Morgan fingerprint density at radius 3 is 2.37 bits per heavy atom. The highest BCUT2D eigenvalue weighted by atomic mass is 35.5. The average Bonchev–Trinajstić information content (AvgIpc) is 2.89. The molecule has 0 bridgehead atoms. The number of halogens is 1. The largest absolute Gasteiger partial charge is 0.495 e. The molecule has 19 heavy (non-hydrogen) atoms. The van der Waals surface area contributed by atoms with E-state index in [0.29, 0.717) is 29.4 Å². The first-order chi connectivity index (χ1) is 8.89. The third-order valence-corrected chi connectivity index (χ3v) is 6.12. The number of ether oxygens (including phenoxy) is 1. The molecule has 1 aromatic rings. The van der Waals surface area contributed by atoms with Crippen molar-refractivity contribution in [2.24, 2.45) is 0 Å². The summed E-state index contributed by atoms with van der Waals surface area (Å²) in [7, 11) is -2.05. The molecule has 0 aliphatic carbocycles. The Bertz CT molecular complexity index is 592. The Kier molecular flexibility index (Phi) is 4.08. The molecular weight excluding hydrogens is 286 g/mol. The summed E-state index contributed by atoms with van der Waals surface area (Å²) in [4.78, 5) is 0.201. The molecule has 0 amide bonds. The summed E-state index contributed by atoms with van der Waals surface area (Å²) in [6.45, 7) is 4.69. The molecule has 0 N–H and O–H groups in total. The Morgan fingerprint density at radius 1 is 1.26 bits per heavy atom. The summed E-state index contributed by atoms with van der Waals surface area (Å²) in [6.07, 6.45) is 1.81. The maximum Gasteiger partial charge on any atom is 0.247 e. The van der Waals surface area contributed by atoms with Crippen molar-refractivity contribution in [3.8, 4) is 5.75 Å². The Labute approximate surface area is 119 Å². The second-order valence-corrected chi connectivity index (χ2v) is 7.03. The molecule has 106 valence electrons. The van der Waals surface area contributed by atoms with Gasteiger partial charge in [0.05, 0.1) is 7.11 Å². The van der Waals surface area contributed by atoms with Crippen LogP contribution in [0.15, 0.2) is 11.0 Å². The van der Waals surface area contributed by atoms with Crippen LogP contribution in [0.2, 0.25) is 5.02 Å². The van der Waals surface area contributed by atoms with E-state index in [-0.39, 0.29) is 4.90 Å². The molecule has 1 aromatic carbocycles. The maximum atomic E-state index is 12.7. The minimum Gasteiger partial charge on any atom is -0.495 e. The van der Waals surface area contributed by atoms with Gasteiger partial charge in [-0.2, -0.15) is 4.31 Å². The lowest BCUT2D eigenvalue weighted by molar-refractivity contribution is 0.397. The molecule has 0 spiro atoms. The minimum atomic E-state index is -3.53. The monoisotopic (exact) mass is 303 g/mol. The van der Waals surface area contributed by atoms with E-state index in [0.717, 1.165) is 18.4 Å². The number of sulfonamides is 1. The van der Waals surface area contributed by atoms with Gasteiger partial charge in [0.2, 0.25) is 10.0 Å². The lowest BCUT2D eigenvalue weighted by Gasteiger charge is -2.20. The number of nitrogens with zero attached hydrogens (tertiary/aromatic N) is 1. The lowest BCUT2D eigenvalue weighted by atomic mass is 10.1. The van der Waals surface area contributed by atoms with Gasteiger partial charge in [-0.05, 0) is 43.9 Å². The van der Waals surface area contributed by atoms with Gasteiger partial charge in [-0.25, -0.2) is 8.42 Å². The molecule has 6 heteroatoms. The fraction of sp³-hybridized carbons (Fsp3) is 0.538. The highest BCUT2D eigenvalue weighted by Crippen LogP contribution is 2.37. The highest BCUT2D eigenvalue weighted by Gasteiger charge is 2.32. The zero-order valence-corrected chi connectivity index (χ0v) is 12.9. The Hall–Kier alpha value is -0.780. The van der Waals surface area contributed by atoms with Gasteiger partial charge in [0.1, 0.15) is 10.6 Å². The number of aryl methyl sites for hydroxylation is 1. The zero-order chi connectivity index (χ0) is 14.2. The smallest absolute Gasteiger partial charge is 0.247 e. The number of hydrogen-bond donors (Lipinski definition) is 0. The predicted molar refractivity (Wildman–Crippen MR) is 75.5 cm³/mol. The standard InChI is InChI=1S/C13H18ClNO3S/c1-9-8-11(18-3)13(10(2)12(9)14)19(16,17)15-6-4-5-7-15/h8H,4-7H2,1-3H3. The Morgan fingerprint density at radius 2 is 1.84 bits per heavy atom. The summed E-state index contributed by atoms with van der Waals surface area (Å²) in [5, 5.41) is 0.485. The van der Waals surface area contributed by atoms with Crippen molar-refractivity contribution in [2.75, 3.05) is 20.2 Å². The summed E-state index contributed by atoms with van der Waals surface area (Å²) in [6, 6.07) is 1.68. The normalized spacial score (nSPS) is 16.8. The fourth-order valence-corrected chi connectivity index (χ4v) is 4.52. The van der Waals surface area contributed by atoms with Crippen molar-refractivity contribution < 1.29 is 13.2 Å². The van der Waals surface area contributed by atoms with Crippen LogP contribution in [0.4, 0.5) is 0 Å². The molecule has 1 fully saturated rings. The van der Waals surface area contributed by atoms with Crippen molar-refractivity contribution in [3.63, 3.8) is 0 Å². The van der Waals surface area contributed by atoms with E-state index in [9.17, 15) is 8.42 Å². The predicted octanol–water partition coefficient (Wildman–Crippen LogP) is 2.75. The maximum absolute atomic E-state index is 12.7. The van der Waals surface area contributed by atoms with Crippen LogP contribution in [0.1, 0.15) is 24.0 Å². The van der Waals surface area contributed by atoms with Gasteiger partial charge in [0, 0.05) is 18.1 Å². The van der Waals surface area contributed by atoms with Gasteiger partial charge in [0.15, 0.2) is 0 Å². The number of rotatable bonds is 3. The van der Waals surface area contributed by atoms with E-state index < -0.39 is 10.0 Å². The summed E-state index contributed by atoms with van der Waals surface area (Å²) < 4.78 is 32.1. The van der Waals surface area contributed by atoms with Crippen molar-refractivity contribution in [3.05, 3.63) is 22.2 Å². The highest BCUT2D eigenvalue weighted by molar-refractivity contribution is 7.89. The first-order valence-electron chi connectivity index (χ1n) is 6.23. The van der Waals surface area contributed by atoms with E-state index in [2.05, 4.69) is 0 Å². The topological polar surface area (TPSA) is 46.6 Å². The molecule has 2 rings (SSSR count). The van der Waals surface area contributed by atoms with Crippen LogP contribution < -0.4 is 4.74 Å².